The van der Waals surface area contributed by atoms with Crippen LogP contribution in [-0.4, -0.2) is 44.2 Å². The number of carbonyl (C=O) groups excluding carboxylic acids is 1. The minimum atomic E-state index is -0.241. The minimum absolute atomic E-state index is 0.147. The number of hydrogen-bond acceptors (Lipinski definition) is 5. The Kier molecular flexibility index (Phi) is 5.36. The van der Waals surface area contributed by atoms with E-state index >= 15 is 0 Å². The summed E-state index contributed by atoms with van der Waals surface area (Å²) in [5.41, 5.74) is 0. The van der Waals surface area contributed by atoms with Gasteiger partial charge in [-0.1, -0.05) is 6.92 Å². The van der Waals surface area contributed by atoms with Gasteiger partial charge in [0.15, 0.2) is 0 Å². The van der Waals surface area contributed by atoms with E-state index in [4.69, 9.17) is 4.74 Å². The highest BCUT2D eigenvalue weighted by atomic mass is 32.1. The Morgan fingerprint density at radius 1 is 1.47 bits per heavy atom. The van der Waals surface area contributed by atoms with Crippen molar-refractivity contribution >= 4 is 17.3 Å². The molecule has 1 aliphatic rings. The molecule has 19 heavy (non-hydrogen) atoms. The molecule has 0 bridgehead atoms. The smallest absolute Gasteiger partial charge is 0.328 e. The Hall–Kier alpha value is -0.910. The van der Waals surface area contributed by atoms with Crippen LogP contribution in [0.3, 0.4) is 0 Å². The molecule has 4 nitrogen and oxygen atoms in total. The number of nitrogens with zero attached hydrogens (tertiary/aromatic N) is 1. The second-order valence-electron chi connectivity index (χ2n) is 4.72. The normalized spacial score (nSPS) is 18.8. The monoisotopic (exact) mass is 282 g/mol. The van der Waals surface area contributed by atoms with Gasteiger partial charge in [0.1, 0.15) is 6.04 Å². The molecular formula is C14H22N2O2S. The zero-order valence-corrected chi connectivity index (χ0v) is 12.5. The quantitative estimate of drug-likeness (QED) is 0.855. The molecule has 1 saturated heterocycles. The zero-order valence-electron chi connectivity index (χ0n) is 11.6. The van der Waals surface area contributed by atoms with Gasteiger partial charge < -0.3 is 10.1 Å². The number of hydrogen-bond donors (Lipinski definition) is 1. The molecular weight excluding hydrogens is 260 g/mol. The second kappa shape index (κ2) is 7.03. The average Bonchev–Trinajstić information content (AvgIpc) is 2.74. The van der Waals surface area contributed by atoms with Gasteiger partial charge in [0.25, 0.3) is 0 Å². The summed E-state index contributed by atoms with van der Waals surface area (Å²) in [5.74, 6) is -0.147. The standard InChI is InChI=1S/C14H22N2O2S/c1-3-11-5-6-12(19-11)13(14(17)18-2)16-9-4-7-15-8-10-16/h5-6,13,15H,3-4,7-10H2,1-2H3. The van der Waals surface area contributed by atoms with Gasteiger partial charge in [-0.3, -0.25) is 4.90 Å². The first-order chi connectivity index (χ1) is 9.26. The van der Waals surface area contributed by atoms with E-state index in [1.165, 1.54) is 12.0 Å². The molecule has 1 aliphatic heterocycles. The fourth-order valence-electron chi connectivity index (χ4n) is 2.41. The van der Waals surface area contributed by atoms with Crippen molar-refractivity contribution in [1.29, 1.82) is 0 Å². The molecule has 1 fully saturated rings. The van der Waals surface area contributed by atoms with Gasteiger partial charge in [-0.25, -0.2) is 4.79 Å². The fraction of sp³-hybridized carbons (Fsp3) is 0.643. The summed E-state index contributed by atoms with van der Waals surface area (Å²) in [6.45, 7) is 5.92. The molecule has 1 aromatic heterocycles. The lowest BCUT2D eigenvalue weighted by Crippen LogP contribution is -2.36. The predicted octanol–water partition coefficient (Wildman–Crippen LogP) is 1.82. The van der Waals surface area contributed by atoms with Crippen LogP contribution in [0.4, 0.5) is 0 Å². The number of methoxy groups -OCH3 is 1. The van der Waals surface area contributed by atoms with Crippen LogP contribution in [0.25, 0.3) is 0 Å². The van der Waals surface area contributed by atoms with E-state index in [1.807, 2.05) is 0 Å². The SMILES string of the molecule is CCc1ccc(C(C(=O)OC)N2CCCNCC2)s1. The first kappa shape index (κ1) is 14.5. The van der Waals surface area contributed by atoms with E-state index in [0.717, 1.165) is 43.9 Å². The van der Waals surface area contributed by atoms with Gasteiger partial charge in [-0.2, -0.15) is 0 Å². The third-order valence-corrected chi connectivity index (χ3v) is 4.75. The summed E-state index contributed by atoms with van der Waals surface area (Å²) < 4.78 is 5.01. The number of carbonyl (C=O) groups is 1. The summed E-state index contributed by atoms with van der Waals surface area (Å²) in [7, 11) is 1.47. The van der Waals surface area contributed by atoms with Crippen molar-refractivity contribution in [3.63, 3.8) is 0 Å². The predicted molar refractivity (Wildman–Crippen MR) is 77.5 cm³/mol. The Balaban J connectivity index is 2.21. The Labute approximate surface area is 118 Å². The van der Waals surface area contributed by atoms with Crippen molar-refractivity contribution < 1.29 is 9.53 Å². The summed E-state index contributed by atoms with van der Waals surface area (Å²) in [5, 5.41) is 3.37. The van der Waals surface area contributed by atoms with Gasteiger partial charge in [-0.05, 0) is 31.5 Å². The lowest BCUT2D eigenvalue weighted by Gasteiger charge is -2.27. The molecule has 2 rings (SSSR count). The lowest BCUT2D eigenvalue weighted by molar-refractivity contribution is -0.147. The highest BCUT2D eigenvalue weighted by Crippen LogP contribution is 2.29. The average molecular weight is 282 g/mol. The highest BCUT2D eigenvalue weighted by molar-refractivity contribution is 7.12. The van der Waals surface area contributed by atoms with Crippen LogP contribution >= 0.6 is 11.3 Å². The van der Waals surface area contributed by atoms with Crippen molar-refractivity contribution in [2.24, 2.45) is 0 Å². The molecule has 0 aliphatic carbocycles. The van der Waals surface area contributed by atoms with Crippen LogP contribution in [0.1, 0.15) is 29.1 Å². The first-order valence-electron chi connectivity index (χ1n) is 6.87. The number of thiophene rings is 1. The maximum atomic E-state index is 12.1. The third kappa shape index (κ3) is 3.55. The van der Waals surface area contributed by atoms with Crippen LogP contribution in [0.15, 0.2) is 12.1 Å². The van der Waals surface area contributed by atoms with Crippen LogP contribution in [-0.2, 0) is 16.0 Å². The number of nitrogens with one attached hydrogen (secondary N) is 1. The van der Waals surface area contributed by atoms with Crippen molar-refractivity contribution in [1.82, 2.24) is 10.2 Å². The summed E-state index contributed by atoms with van der Waals surface area (Å²) in [4.78, 5) is 16.8. The molecule has 0 saturated carbocycles. The van der Waals surface area contributed by atoms with Gasteiger partial charge in [0, 0.05) is 29.4 Å². The van der Waals surface area contributed by atoms with E-state index < -0.39 is 0 Å². The summed E-state index contributed by atoms with van der Waals surface area (Å²) >= 11 is 1.72. The first-order valence-corrected chi connectivity index (χ1v) is 7.69. The maximum Gasteiger partial charge on any atom is 0.328 e. The summed E-state index contributed by atoms with van der Waals surface area (Å²) in [6, 6.07) is 3.95. The van der Waals surface area contributed by atoms with Gasteiger partial charge in [-0.15, -0.1) is 11.3 Å². The lowest BCUT2D eigenvalue weighted by atomic mass is 10.2. The highest BCUT2D eigenvalue weighted by Gasteiger charge is 2.30. The molecule has 0 spiro atoms. The number of rotatable bonds is 4. The number of aryl methyl sites for hydroxylation is 1. The molecule has 0 aromatic carbocycles. The number of esters is 1. The Morgan fingerprint density at radius 2 is 2.32 bits per heavy atom. The molecule has 0 amide bonds. The van der Waals surface area contributed by atoms with Gasteiger partial charge >= 0.3 is 5.97 Å². The van der Waals surface area contributed by atoms with Crippen molar-refractivity contribution in [3.8, 4) is 0 Å². The molecule has 5 heteroatoms. The molecule has 2 heterocycles. The van der Waals surface area contributed by atoms with Gasteiger partial charge in [0.2, 0.25) is 0 Å². The molecule has 106 valence electrons. The molecule has 0 radical (unpaired) electrons. The topological polar surface area (TPSA) is 41.6 Å². The molecule has 1 aromatic rings. The van der Waals surface area contributed by atoms with Crippen molar-refractivity contribution in [3.05, 3.63) is 21.9 Å². The Morgan fingerprint density at radius 3 is 3.00 bits per heavy atom. The largest absolute Gasteiger partial charge is 0.468 e. The zero-order chi connectivity index (χ0) is 13.7. The molecule has 1 N–H and O–H groups in total. The van der Waals surface area contributed by atoms with E-state index in [1.54, 1.807) is 11.3 Å². The van der Waals surface area contributed by atoms with E-state index in [2.05, 4.69) is 29.3 Å². The second-order valence-corrected chi connectivity index (χ2v) is 5.92. The van der Waals surface area contributed by atoms with Crippen LogP contribution < -0.4 is 5.32 Å². The van der Waals surface area contributed by atoms with Crippen LogP contribution in [0.5, 0.6) is 0 Å². The Bertz CT molecular complexity index is 411. The van der Waals surface area contributed by atoms with E-state index in [0.29, 0.717) is 0 Å². The molecule has 1 atom stereocenters. The fourth-order valence-corrected chi connectivity index (χ4v) is 3.49. The van der Waals surface area contributed by atoms with Crippen LogP contribution in [0.2, 0.25) is 0 Å². The van der Waals surface area contributed by atoms with Crippen LogP contribution in [0, 0.1) is 0 Å². The van der Waals surface area contributed by atoms with E-state index in [-0.39, 0.29) is 12.0 Å². The number of ether oxygens (including phenoxy) is 1. The van der Waals surface area contributed by atoms with Gasteiger partial charge in [0.05, 0.1) is 7.11 Å². The minimum Gasteiger partial charge on any atom is -0.468 e. The van der Waals surface area contributed by atoms with Crippen molar-refractivity contribution in [2.45, 2.75) is 25.8 Å². The van der Waals surface area contributed by atoms with E-state index in [9.17, 15) is 4.79 Å². The maximum absolute atomic E-state index is 12.1. The van der Waals surface area contributed by atoms with Crippen molar-refractivity contribution in [2.75, 3.05) is 33.3 Å². The molecule has 1 unspecified atom stereocenters. The summed E-state index contributed by atoms with van der Waals surface area (Å²) in [6.07, 6.45) is 2.08. The third-order valence-electron chi connectivity index (χ3n) is 3.46.